The van der Waals surface area contributed by atoms with Crippen LogP contribution in [0.25, 0.3) is 0 Å². The normalized spacial score (nSPS) is 11.0. The van der Waals surface area contributed by atoms with Gasteiger partial charge in [-0.05, 0) is 37.6 Å². The van der Waals surface area contributed by atoms with Crippen LogP contribution in [0.15, 0.2) is 72.8 Å². The minimum atomic E-state index is -3.42. The van der Waals surface area contributed by atoms with Crippen molar-refractivity contribution in [1.82, 2.24) is 0 Å². The molecule has 3 nitrogen and oxygen atoms in total. The predicted molar refractivity (Wildman–Crippen MR) is 89.9 cm³/mol. The van der Waals surface area contributed by atoms with Crippen molar-refractivity contribution in [2.45, 2.75) is 19.8 Å². The van der Waals surface area contributed by atoms with Crippen LogP contribution in [-0.4, -0.2) is 5.97 Å². The summed E-state index contributed by atoms with van der Waals surface area (Å²) in [7, 11) is -3.42. The fourth-order valence-electron chi connectivity index (χ4n) is 2.01. The molecule has 0 fully saturated rings. The largest absolute Gasteiger partial charge is 0.405 e. The molecule has 0 unspecified atom stereocenters. The summed E-state index contributed by atoms with van der Waals surface area (Å²) in [6.07, 6.45) is 0.710. The summed E-state index contributed by atoms with van der Waals surface area (Å²) in [4.78, 5) is 12.1. The van der Waals surface area contributed by atoms with Gasteiger partial charge in [0.05, 0.1) is 10.6 Å². The average molecular weight is 314 g/mol. The van der Waals surface area contributed by atoms with E-state index in [9.17, 15) is 9.36 Å². The summed E-state index contributed by atoms with van der Waals surface area (Å²) in [5.74, 6) is -0.473. The molecule has 0 atom stereocenters. The number of hydrogen-bond donors (Lipinski definition) is 0. The molecular weight excluding hydrogens is 295 g/mol. The van der Waals surface area contributed by atoms with Gasteiger partial charge in [-0.2, -0.15) is 0 Å². The molecule has 4 heteroatoms. The van der Waals surface area contributed by atoms with Gasteiger partial charge in [-0.15, -0.1) is 6.58 Å². The Morgan fingerprint density at radius 1 is 0.955 bits per heavy atom. The monoisotopic (exact) mass is 314 g/mol. The predicted octanol–water partition coefficient (Wildman–Crippen LogP) is 3.82. The van der Waals surface area contributed by atoms with Crippen LogP contribution in [0.2, 0.25) is 0 Å². The highest BCUT2D eigenvalue weighted by atomic mass is 31.2. The van der Waals surface area contributed by atoms with E-state index < -0.39 is 13.3 Å². The van der Waals surface area contributed by atoms with E-state index in [-0.39, 0.29) is 6.42 Å². The Hall–Kier alpha value is -2.12. The third kappa shape index (κ3) is 3.96. The van der Waals surface area contributed by atoms with Gasteiger partial charge in [0.1, 0.15) is 0 Å². The molecule has 0 amide bonds. The number of allylic oxidation sites excluding steroid dienone is 1. The second-order valence-corrected chi connectivity index (χ2v) is 7.46. The lowest BCUT2D eigenvalue weighted by molar-refractivity contribution is -0.133. The van der Waals surface area contributed by atoms with Gasteiger partial charge in [0, 0.05) is 6.42 Å². The third-order valence-electron chi connectivity index (χ3n) is 3.18. The van der Waals surface area contributed by atoms with E-state index >= 15 is 0 Å². The van der Waals surface area contributed by atoms with Crippen LogP contribution in [0.4, 0.5) is 0 Å². The van der Waals surface area contributed by atoms with E-state index in [4.69, 9.17) is 4.52 Å². The van der Waals surface area contributed by atoms with Crippen LogP contribution in [0, 0.1) is 0 Å². The van der Waals surface area contributed by atoms with Crippen molar-refractivity contribution in [1.29, 1.82) is 0 Å². The maximum absolute atomic E-state index is 13.4. The van der Waals surface area contributed by atoms with Gasteiger partial charge in [0.2, 0.25) is 0 Å². The Morgan fingerprint density at radius 3 is 1.82 bits per heavy atom. The number of hydrogen-bond acceptors (Lipinski definition) is 3. The summed E-state index contributed by atoms with van der Waals surface area (Å²) in [6, 6.07) is 17.7. The van der Waals surface area contributed by atoms with E-state index in [0.29, 0.717) is 17.0 Å². The molecule has 0 radical (unpaired) electrons. The Bertz CT molecular complexity index is 649. The van der Waals surface area contributed by atoms with Gasteiger partial charge >= 0.3 is 13.3 Å². The Balaban J connectivity index is 2.33. The molecule has 0 aliphatic heterocycles. The van der Waals surface area contributed by atoms with Crippen molar-refractivity contribution in [3.05, 3.63) is 72.8 Å². The van der Waals surface area contributed by atoms with Gasteiger partial charge in [-0.1, -0.05) is 42.0 Å². The maximum Gasteiger partial charge on any atom is 0.311 e. The Morgan fingerprint density at radius 2 is 1.41 bits per heavy atom. The summed E-state index contributed by atoms with van der Waals surface area (Å²) in [5, 5.41) is 1.04. The molecule has 0 heterocycles. The van der Waals surface area contributed by atoms with Crippen LogP contribution in [0.3, 0.4) is 0 Å². The summed E-state index contributed by atoms with van der Waals surface area (Å²) in [6.45, 7) is 5.61. The highest BCUT2D eigenvalue weighted by Gasteiger charge is 2.31. The first kappa shape index (κ1) is 16.3. The lowest BCUT2D eigenvalue weighted by atomic mass is 10.2. The fraction of sp³-hybridized carbons (Fsp3) is 0.167. The van der Waals surface area contributed by atoms with Crippen molar-refractivity contribution >= 4 is 23.9 Å². The quantitative estimate of drug-likeness (QED) is 0.601. The Labute approximate surface area is 131 Å². The van der Waals surface area contributed by atoms with E-state index in [1.54, 1.807) is 48.5 Å². The molecule has 0 saturated heterocycles. The number of rotatable bonds is 6. The van der Waals surface area contributed by atoms with Gasteiger partial charge in [-0.3, -0.25) is 9.36 Å². The van der Waals surface area contributed by atoms with E-state index in [1.165, 1.54) is 0 Å². The van der Waals surface area contributed by atoms with Crippen molar-refractivity contribution in [2.24, 2.45) is 0 Å². The molecule has 2 rings (SSSR count). The molecule has 22 heavy (non-hydrogen) atoms. The standard InChI is InChI=1S/C18H19O3P/c1-15(2)13-14-18(19)21-22(20,16-9-5-3-6-10-16)17-11-7-4-8-12-17/h3-12H,1,13-14H2,2H3. The first-order valence-corrected chi connectivity index (χ1v) is 8.73. The van der Waals surface area contributed by atoms with Crippen molar-refractivity contribution in [3.63, 3.8) is 0 Å². The molecule has 114 valence electrons. The molecule has 0 saturated carbocycles. The van der Waals surface area contributed by atoms with Gasteiger partial charge in [0.15, 0.2) is 0 Å². The van der Waals surface area contributed by atoms with Crippen LogP contribution in [0.5, 0.6) is 0 Å². The molecule has 0 bridgehead atoms. The molecule has 0 aliphatic carbocycles. The lowest BCUT2D eigenvalue weighted by Crippen LogP contribution is -2.20. The van der Waals surface area contributed by atoms with E-state index in [0.717, 1.165) is 5.57 Å². The average Bonchev–Trinajstić information content (AvgIpc) is 2.54. The Kier molecular flexibility index (Phi) is 5.35. The zero-order valence-electron chi connectivity index (χ0n) is 12.6. The van der Waals surface area contributed by atoms with Crippen molar-refractivity contribution in [2.75, 3.05) is 0 Å². The van der Waals surface area contributed by atoms with Crippen LogP contribution < -0.4 is 10.6 Å². The molecular formula is C18H19O3P. The lowest BCUT2D eigenvalue weighted by Gasteiger charge is -2.19. The van der Waals surface area contributed by atoms with Crippen LogP contribution >= 0.6 is 7.37 Å². The van der Waals surface area contributed by atoms with Crippen molar-refractivity contribution in [3.8, 4) is 0 Å². The first-order valence-electron chi connectivity index (χ1n) is 7.10. The summed E-state index contributed by atoms with van der Waals surface area (Å²) in [5.41, 5.74) is 0.895. The zero-order chi connectivity index (χ0) is 16.0. The highest BCUT2D eigenvalue weighted by Crippen LogP contribution is 2.45. The zero-order valence-corrected chi connectivity index (χ0v) is 13.5. The molecule has 0 aliphatic rings. The van der Waals surface area contributed by atoms with E-state index in [2.05, 4.69) is 6.58 Å². The molecule has 2 aromatic carbocycles. The third-order valence-corrected chi connectivity index (χ3v) is 5.60. The van der Waals surface area contributed by atoms with E-state index in [1.807, 2.05) is 19.1 Å². The minimum Gasteiger partial charge on any atom is -0.405 e. The highest BCUT2D eigenvalue weighted by molar-refractivity contribution is 7.74. The number of carbonyl (C=O) groups is 1. The van der Waals surface area contributed by atoms with Gasteiger partial charge in [0.25, 0.3) is 0 Å². The number of benzene rings is 2. The van der Waals surface area contributed by atoms with Gasteiger partial charge < -0.3 is 4.52 Å². The molecule has 0 N–H and O–H groups in total. The summed E-state index contributed by atoms with van der Waals surface area (Å²) >= 11 is 0. The molecule has 0 aromatic heterocycles. The van der Waals surface area contributed by atoms with Crippen LogP contribution in [-0.2, 0) is 13.9 Å². The minimum absolute atomic E-state index is 0.180. The second kappa shape index (κ2) is 7.24. The maximum atomic E-state index is 13.4. The van der Waals surface area contributed by atoms with Crippen LogP contribution in [0.1, 0.15) is 19.8 Å². The molecule has 0 spiro atoms. The smallest absolute Gasteiger partial charge is 0.311 e. The van der Waals surface area contributed by atoms with Crippen molar-refractivity contribution < 1.29 is 13.9 Å². The topological polar surface area (TPSA) is 43.4 Å². The number of carbonyl (C=O) groups excluding carboxylic acids is 1. The second-order valence-electron chi connectivity index (χ2n) is 5.14. The SMILES string of the molecule is C=C(C)CCC(=O)OP(=O)(c1ccccc1)c1ccccc1. The van der Waals surface area contributed by atoms with Gasteiger partial charge in [-0.25, -0.2) is 0 Å². The molecule has 2 aromatic rings. The summed E-state index contributed by atoms with van der Waals surface area (Å²) < 4.78 is 18.8. The fourth-order valence-corrected chi connectivity index (χ4v) is 4.02. The first-order chi connectivity index (χ1) is 10.5.